The maximum Gasteiger partial charge on any atom is 0.257 e. The van der Waals surface area contributed by atoms with Crippen LogP contribution in [-0.2, 0) is 0 Å². The van der Waals surface area contributed by atoms with Crippen molar-refractivity contribution in [3.8, 4) is 5.69 Å². The zero-order chi connectivity index (χ0) is 17.2. The van der Waals surface area contributed by atoms with Crippen molar-refractivity contribution in [2.75, 3.05) is 5.32 Å². The van der Waals surface area contributed by atoms with Crippen molar-refractivity contribution in [3.63, 3.8) is 0 Å². The maximum absolute atomic E-state index is 13.7. The van der Waals surface area contributed by atoms with Gasteiger partial charge in [-0.2, -0.15) is 4.68 Å². The number of tetrazole rings is 1. The van der Waals surface area contributed by atoms with Gasteiger partial charge in [-0.05, 0) is 52.9 Å². The number of hydrogen-bond acceptors (Lipinski definition) is 5. The molecule has 0 unspecified atom stereocenters. The van der Waals surface area contributed by atoms with Crippen LogP contribution >= 0.6 is 0 Å². The minimum Gasteiger partial charge on any atom is -0.321 e. The van der Waals surface area contributed by atoms with Gasteiger partial charge in [0, 0.05) is 11.6 Å². The molecule has 2 aromatic heterocycles. The molecular weight excluding hydrogens is 323 g/mol. The summed E-state index contributed by atoms with van der Waals surface area (Å²) >= 11 is 0. The predicted molar refractivity (Wildman–Crippen MR) is 88.8 cm³/mol. The third-order valence-corrected chi connectivity index (χ3v) is 3.69. The zero-order valence-corrected chi connectivity index (χ0v) is 12.8. The first kappa shape index (κ1) is 14.9. The Morgan fingerprint density at radius 3 is 2.88 bits per heavy atom. The fraction of sp³-hybridized carbons (Fsp3) is 0. The van der Waals surface area contributed by atoms with E-state index in [1.54, 1.807) is 24.4 Å². The summed E-state index contributed by atoms with van der Waals surface area (Å²) < 4.78 is 15.0. The number of hydrogen-bond donors (Lipinski definition) is 1. The summed E-state index contributed by atoms with van der Waals surface area (Å²) in [6, 6.07) is 12.9. The Morgan fingerprint density at radius 1 is 1.12 bits per heavy atom. The molecule has 2 aromatic carbocycles. The number of carbonyl (C=O) groups excluding carboxylic acids is 1. The second kappa shape index (κ2) is 6.08. The van der Waals surface area contributed by atoms with E-state index in [0.717, 1.165) is 17.0 Å². The Hall–Kier alpha value is -3.68. The number of rotatable bonds is 3. The van der Waals surface area contributed by atoms with Crippen LogP contribution in [-0.4, -0.2) is 31.1 Å². The molecule has 0 spiro atoms. The molecule has 1 amide bonds. The Kier molecular flexibility index (Phi) is 3.62. The van der Waals surface area contributed by atoms with Gasteiger partial charge in [0.05, 0.1) is 22.5 Å². The Balaban J connectivity index is 1.75. The molecule has 0 aliphatic heterocycles. The largest absolute Gasteiger partial charge is 0.321 e. The molecular formula is C17H11FN6O. The monoisotopic (exact) mass is 334 g/mol. The highest BCUT2D eigenvalue weighted by Gasteiger charge is 2.16. The lowest BCUT2D eigenvalue weighted by Gasteiger charge is -2.11. The van der Waals surface area contributed by atoms with Gasteiger partial charge in [-0.25, -0.2) is 4.39 Å². The molecule has 8 heteroatoms. The molecule has 1 N–H and O–H groups in total. The molecule has 0 saturated heterocycles. The molecule has 25 heavy (non-hydrogen) atoms. The van der Waals surface area contributed by atoms with Gasteiger partial charge >= 0.3 is 0 Å². The van der Waals surface area contributed by atoms with Crippen LogP contribution in [0.2, 0.25) is 0 Å². The molecule has 4 aromatic rings. The van der Waals surface area contributed by atoms with Crippen molar-refractivity contribution in [2.45, 2.75) is 0 Å². The van der Waals surface area contributed by atoms with E-state index in [4.69, 9.17) is 0 Å². The molecule has 2 heterocycles. The Bertz CT molecular complexity index is 1060. The topological polar surface area (TPSA) is 85.6 Å². The van der Waals surface area contributed by atoms with Crippen LogP contribution in [0.5, 0.6) is 0 Å². The molecule has 7 nitrogen and oxygen atoms in total. The van der Waals surface area contributed by atoms with Crippen molar-refractivity contribution in [3.05, 3.63) is 72.4 Å². The van der Waals surface area contributed by atoms with Gasteiger partial charge in [0.2, 0.25) is 0 Å². The number of aromatic nitrogens is 5. The van der Waals surface area contributed by atoms with Crippen molar-refractivity contribution < 1.29 is 9.18 Å². The lowest BCUT2D eigenvalue weighted by molar-refractivity contribution is 0.102. The fourth-order valence-electron chi connectivity index (χ4n) is 2.56. The number of amides is 1. The van der Waals surface area contributed by atoms with Crippen LogP contribution in [0.3, 0.4) is 0 Å². The molecule has 0 fully saturated rings. The number of pyridine rings is 1. The SMILES string of the molecule is O=C(Nc1cccc2ncccc12)c1cc(F)ccc1-n1cnnn1. The number of fused-ring (bicyclic) bond motifs is 1. The van der Waals surface area contributed by atoms with Gasteiger partial charge in [-0.3, -0.25) is 9.78 Å². The molecule has 0 bridgehead atoms. The molecule has 122 valence electrons. The number of nitrogens with one attached hydrogen (secondary N) is 1. The summed E-state index contributed by atoms with van der Waals surface area (Å²) in [7, 11) is 0. The molecule has 0 atom stereocenters. The van der Waals surface area contributed by atoms with Crippen molar-refractivity contribution >= 4 is 22.5 Å². The van der Waals surface area contributed by atoms with E-state index in [0.29, 0.717) is 11.4 Å². The summed E-state index contributed by atoms with van der Waals surface area (Å²) in [6.07, 6.45) is 3.02. The number of benzene rings is 2. The average molecular weight is 334 g/mol. The second-order valence-electron chi connectivity index (χ2n) is 5.25. The number of halogens is 1. The van der Waals surface area contributed by atoms with Gasteiger partial charge < -0.3 is 5.32 Å². The van der Waals surface area contributed by atoms with Gasteiger partial charge in [-0.1, -0.05) is 6.07 Å². The summed E-state index contributed by atoms with van der Waals surface area (Å²) in [5, 5.41) is 14.4. The van der Waals surface area contributed by atoms with Crippen LogP contribution in [0.1, 0.15) is 10.4 Å². The third-order valence-electron chi connectivity index (χ3n) is 3.69. The maximum atomic E-state index is 13.7. The Labute approximate surface area is 141 Å². The van der Waals surface area contributed by atoms with E-state index in [-0.39, 0.29) is 5.56 Å². The molecule has 0 aliphatic rings. The third kappa shape index (κ3) is 2.80. The first-order valence-electron chi connectivity index (χ1n) is 7.40. The second-order valence-corrected chi connectivity index (χ2v) is 5.25. The lowest BCUT2D eigenvalue weighted by Crippen LogP contribution is -2.16. The van der Waals surface area contributed by atoms with Crippen LogP contribution < -0.4 is 5.32 Å². The predicted octanol–water partition coefficient (Wildman–Crippen LogP) is 2.60. The van der Waals surface area contributed by atoms with Crippen LogP contribution in [0.4, 0.5) is 10.1 Å². The molecule has 4 rings (SSSR count). The van der Waals surface area contributed by atoms with Gasteiger partial charge in [0.1, 0.15) is 12.1 Å². The first-order chi connectivity index (χ1) is 12.2. The molecule has 0 aliphatic carbocycles. The van der Waals surface area contributed by atoms with E-state index in [2.05, 4.69) is 25.8 Å². The zero-order valence-electron chi connectivity index (χ0n) is 12.8. The van der Waals surface area contributed by atoms with Gasteiger partial charge in [0.15, 0.2) is 0 Å². The Morgan fingerprint density at radius 2 is 2.04 bits per heavy atom. The van der Waals surface area contributed by atoms with Crippen molar-refractivity contribution in [1.29, 1.82) is 0 Å². The van der Waals surface area contributed by atoms with E-state index in [1.165, 1.54) is 23.1 Å². The standard InChI is InChI=1S/C17H11FN6O/c18-11-6-7-16(24-10-20-22-23-24)13(9-11)17(25)21-15-5-1-4-14-12(15)3-2-8-19-14/h1-10H,(H,21,25). The summed E-state index contributed by atoms with van der Waals surface area (Å²) in [6.45, 7) is 0. The van der Waals surface area contributed by atoms with E-state index < -0.39 is 11.7 Å². The van der Waals surface area contributed by atoms with E-state index in [1.807, 2.05) is 12.1 Å². The fourth-order valence-corrected chi connectivity index (χ4v) is 2.56. The quantitative estimate of drug-likeness (QED) is 0.622. The highest BCUT2D eigenvalue weighted by Crippen LogP contribution is 2.23. The normalized spacial score (nSPS) is 10.8. The molecule has 0 radical (unpaired) electrons. The highest BCUT2D eigenvalue weighted by molar-refractivity contribution is 6.10. The minimum absolute atomic E-state index is 0.119. The van der Waals surface area contributed by atoms with Crippen LogP contribution in [0.15, 0.2) is 61.1 Å². The van der Waals surface area contributed by atoms with E-state index >= 15 is 0 Å². The average Bonchev–Trinajstić information content (AvgIpc) is 3.16. The van der Waals surface area contributed by atoms with Crippen LogP contribution in [0, 0.1) is 5.82 Å². The minimum atomic E-state index is -0.526. The van der Waals surface area contributed by atoms with Crippen molar-refractivity contribution in [2.24, 2.45) is 0 Å². The lowest BCUT2D eigenvalue weighted by atomic mass is 10.1. The summed E-state index contributed by atoms with van der Waals surface area (Å²) in [4.78, 5) is 17.0. The van der Waals surface area contributed by atoms with Gasteiger partial charge in [-0.15, -0.1) is 5.10 Å². The van der Waals surface area contributed by atoms with Gasteiger partial charge in [0.25, 0.3) is 5.91 Å². The summed E-state index contributed by atoms with van der Waals surface area (Å²) in [5.74, 6) is -0.997. The molecule has 0 saturated carbocycles. The van der Waals surface area contributed by atoms with E-state index in [9.17, 15) is 9.18 Å². The summed E-state index contributed by atoms with van der Waals surface area (Å²) in [5.41, 5.74) is 1.83. The highest BCUT2D eigenvalue weighted by atomic mass is 19.1. The smallest absolute Gasteiger partial charge is 0.257 e. The number of nitrogens with zero attached hydrogens (tertiary/aromatic N) is 5. The van der Waals surface area contributed by atoms with Crippen molar-refractivity contribution in [1.82, 2.24) is 25.2 Å². The van der Waals surface area contributed by atoms with Crippen LogP contribution in [0.25, 0.3) is 16.6 Å². The number of anilines is 1. The number of carbonyl (C=O) groups is 1. The first-order valence-corrected chi connectivity index (χ1v) is 7.40.